The first-order valence-electron chi connectivity index (χ1n) is 6.13. The molecule has 1 saturated heterocycles. The number of nitrogens with zero attached hydrogens (tertiary/aromatic N) is 2. The van der Waals surface area contributed by atoms with Gasteiger partial charge in [-0.25, -0.2) is 4.39 Å². The third-order valence-corrected chi connectivity index (χ3v) is 3.29. The fourth-order valence-electron chi connectivity index (χ4n) is 2.19. The summed E-state index contributed by atoms with van der Waals surface area (Å²) in [5.41, 5.74) is 1.05. The molecule has 1 aliphatic rings. The Bertz CT molecular complexity index is 347. The van der Waals surface area contributed by atoms with Gasteiger partial charge in [0.15, 0.2) is 0 Å². The van der Waals surface area contributed by atoms with E-state index >= 15 is 0 Å². The Balaban J connectivity index is 1.93. The number of piperazine rings is 1. The average Bonchev–Trinajstić information content (AvgIpc) is 2.39. The fraction of sp³-hybridized carbons (Fsp3) is 0.538. The van der Waals surface area contributed by atoms with Gasteiger partial charge in [0.2, 0.25) is 0 Å². The van der Waals surface area contributed by atoms with Crippen LogP contribution < -0.4 is 4.90 Å². The van der Waals surface area contributed by atoms with E-state index in [1.54, 1.807) is 12.1 Å². The van der Waals surface area contributed by atoms with Gasteiger partial charge in [0, 0.05) is 31.9 Å². The molecule has 1 fully saturated rings. The summed E-state index contributed by atoms with van der Waals surface area (Å²) in [4.78, 5) is 4.30. The summed E-state index contributed by atoms with van der Waals surface area (Å²) in [7, 11) is 0. The summed E-state index contributed by atoms with van der Waals surface area (Å²) < 4.78 is 12.8. The normalized spacial score (nSPS) is 19.4. The molecule has 2 rings (SSSR count). The van der Waals surface area contributed by atoms with E-state index in [0.717, 1.165) is 38.3 Å². The van der Waals surface area contributed by atoms with Gasteiger partial charge in [0.05, 0.1) is 0 Å². The third kappa shape index (κ3) is 2.96. The van der Waals surface area contributed by atoms with Crippen molar-refractivity contribution in [2.45, 2.75) is 19.6 Å². The Morgan fingerprint density at radius 1 is 1.18 bits per heavy atom. The van der Waals surface area contributed by atoms with E-state index in [0.29, 0.717) is 0 Å². The monoisotopic (exact) mass is 238 g/mol. The summed E-state index contributed by atoms with van der Waals surface area (Å²) in [6, 6.07) is 6.59. The highest BCUT2D eigenvalue weighted by molar-refractivity contribution is 5.46. The van der Waals surface area contributed by atoms with Crippen molar-refractivity contribution in [1.82, 2.24) is 4.90 Å². The van der Waals surface area contributed by atoms with Gasteiger partial charge in [0.25, 0.3) is 0 Å². The molecule has 17 heavy (non-hydrogen) atoms. The van der Waals surface area contributed by atoms with Gasteiger partial charge in [-0.1, -0.05) is 6.92 Å². The van der Waals surface area contributed by atoms with Crippen LogP contribution in [-0.4, -0.2) is 42.4 Å². The zero-order valence-electron chi connectivity index (χ0n) is 10.1. The molecular formula is C13H19FN2O. The van der Waals surface area contributed by atoms with Crippen LogP contribution in [0.2, 0.25) is 0 Å². The number of hydrogen-bond donors (Lipinski definition) is 1. The van der Waals surface area contributed by atoms with Crippen LogP contribution in [0.5, 0.6) is 0 Å². The van der Waals surface area contributed by atoms with Crippen LogP contribution in [0.4, 0.5) is 10.1 Å². The molecule has 1 aromatic carbocycles. The Morgan fingerprint density at radius 2 is 1.76 bits per heavy atom. The Labute approximate surface area is 101 Å². The molecule has 0 amide bonds. The van der Waals surface area contributed by atoms with Gasteiger partial charge < -0.3 is 10.0 Å². The van der Waals surface area contributed by atoms with E-state index in [4.69, 9.17) is 0 Å². The SMILES string of the molecule is CCC(O)N1CCN(c2ccc(F)cc2)CC1. The molecule has 0 radical (unpaired) electrons. The first kappa shape index (κ1) is 12.3. The van der Waals surface area contributed by atoms with E-state index in [9.17, 15) is 9.50 Å². The molecule has 4 heteroatoms. The molecule has 0 aliphatic carbocycles. The topological polar surface area (TPSA) is 26.7 Å². The molecule has 94 valence electrons. The largest absolute Gasteiger partial charge is 0.378 e. The van der Waals surface area contributed by atoms with Crippen LogP contribution in [0.1, 0.15) is 13.3 Å². The predicted octanol–water partition coefficient (Wildman–Crippen LogP) is 1.68. The molecule has 0 saturated carbocycles. The Kier molecular flexibility index (Phi) is 3.97. The van der Waals surface area contributed by atoms with E-state index in [1.807, 2.05) is 6.92 Å². The number of benzene rings is 1. The summed E-state index contributed by atoms with van der Waals surface area (Å²) in [5, 5.41) is 9.73. The average molecular weight is 238 g/mol. The molecule has 0 aromatic heterocycles. The van der Waals surface area contributed by atoms with Gasteiger partial charge in [-0.05, 0) is 30.7 Å². The zero-order chi connectivity index (χ0) is 12.3. The number of rotatable bonds is 3. The van der Waals surface area contributed by atoms with E-state index < -0.39 is 0 Å². The van der Waals surface area contributed by atoms with Crippen LogP contribution in [0.15, 0.2) is 24.3 Å². The first-order valence-corrected chi connectivity index (χ1v) is 6.13. The minimum atomic E-state index is -0.328. The smallest absolute Gasteiger partial charge is 0.123 e. The van der Waals surface area contributed by atoms with E-state index in [1.165, 1.54) is 12.1 Å². The maximum atomic E-state index is 12.8. The van der Waals surface area contributed by atoms with Crippen molar-refractivity contribution in [1.29, 1.82) is 0 Å². The molecule has 0 bridgehead atoms. The summed E-state index contributed by atoms with van der Waals surface area (Å²) in [5.74, 6) is -0.200. The quantitative estimate of drug-likeness (QED) is 0.868. The summed E-state index contributed by atoms with van der Waals surface area (Å²) in [6.07, 6.45) is 0.432. The molecular weight excluding hydrogens is 219 g/mol. The third-order valence-electron chi connectivity index (χ3n) is 3.29. The first-order chi connectivity index (χ1) is 8.20. The minimum absolute atomic E-state index is 0.200. The maximum Gasteiger partial charge on any atom is 0.123 e. The Hall–Kier alpha value is -1.13. The van der Waals surface area contributed by atoms with Crippen molar-refractivity contribution in [3.8, 4) is 0 Å². The van der Waals surface area contributed by atoms with Crippen LogP contribution in [0.25, 0.3) is 0 Å². The second-order valence-electron chi connectivity index (χ2n) is 4.39. The molecule has 1 N–H and O–H groups in total. The second kappa shape index (κ2) is 5.47. The van der Waals surface area contributed by atoms with E-state index in [-0.39, 0.29) is 12.0 Å². The lowest BCUT2D eigenvalue weighted by atomic mass is 10.2. The number of aliphatic hydroxyl groups is 1. The molecule has 1 unspecified atom stereocenters. The highest BCUT2D eigenvalue weighted by atomic mass is 19.1. The molecule has 1 aliphatic heterocycles. The van der Waals surface area contributed by atoms with Crippen LogP contribution in [0.3, 0.4) is 0 Å². The van der Waals surface area contributed by atoms with Crippen LogP contribution >= 0.6 is 0 Å². The zero-order valence-corrected chi connectivity index (χ0v) is 10.1. The van der Waals surface area contributed by atoms with Crippen molar-refractivity contribution < 1.29 is 9.50 Å². The fourth-order valence-corrected chi connectivity index (χ4v) is 2.19. The Morgan fingerprint density at radius 3 is 2.29 bits per heavy atom. The highest BCUT2D eigenvalue weighted by Crippen LogP contribution is 2.17. The molecule has 1 atom stereocenters. The van der Waals surface area contributed by atoms with E-state index in [2.05, 4.69) is 9.80 Å². The van der Waals surface area contributed by atoms with Crippen LogP contribution in [-0.2, 0) is 0 Å². The van der Waals surface area contributed by atoms with Gasteiger partial charge >= 0.3 is 0 Å². The lowest BCUT2D eigenvalue weighted by Gasteiger charge is -2.38. The molecule has 1 aromatic rings. The second-order valence-corrected chi connectivity index (χ2v) is 4.39. The number of aliphatic hydroxyl groups excluding tert-OH is 1. The minimum Gasteiger partial charge on any atom is -0.378 e. The van der Waals surface area contributed by atoms with Gasteiger partial charge in [-0.2, -0.15) is 0 Å². The van der Waals surface area contributed by atoms with Crippen molar-refractivity contribution >= 4 is 5.69 Å². The van der Waals surface area contributed by atoms with Crippen molar-refractivity contribution in [2.75, 3.05) is 31.1 Å². The number of halogens is 1. The predicted molar refractivity (Wildman–Crippen MR) is 66.5 cm³/mol. The number of hydrogen-bond acceptors (Lipinski definition) is 3. The van der Waals surface area contributed by atoms with Gasteiger partial charge in [-0.15, -0.1) is 0 Å². The molecule has 3 nitrogen and oxygen atoms in total. The lowest BCUT2D eigenvalue weighted by Crippen LogP contribution is -2.50. The standard InChI is InChI=1S/C13H19FN2O/c1-2-13(17)16-9-7-15(8-10-16)12-5-3-11(14)4-6-12/h3-6,13,17H,2,7-10H2,1H3. The van der Waals surface area contributed by atoms with Crippen molar-refractivity contribution in [3.05, 3.63) is 30.1 Å². The highest BCUT2D eigenvalue weighted by Gasteiger charge is 2.21. The molecule has 1 heterocycles. The van der Waals surface area contributed by atoms with Crippen LogP contribution in [0, 0.1) is 5.82 Å². The number of anilines is 1. The molecule has 0 spiro atoms. The maximum absolute atomic E-state index is 12.8. The van der Waals surface area contributed by atoms with Gasteiger partial charge in [0.1, 0.15) is 12.0 Å². The van der Waals surface area contributed by atoms with Gasteiger partial charge in [-0.3, -0.25) is 4.90 Å². The van der Waals surface area contributed by atoms with Crippen molar-refractivity contribution in [2.24, 2.45) is 0 Å². The summed E-state index contributed by atoms with van der Waals surface area (Å²) in [6.45, 7) is 5.45. The summed E-state index contributed by atoms with van der Waals surface area (Å²) >= 11 is 0. The lowest BCUT2D eigenvalue weighted by molar-refractivity contribution is -0.00191. The van der Waals surface area contributed by atoms with Crippen molar-refractivity contribution in [3.63, 3.8) is 0 Å².